The Morgan fingerprint density at radius 2 is 1.82 bits per heavy atom. The Morgan fingerprint density at radius 3 is 2.45 bits per heavy atom. The maximum absolute atomic E-state index is 12.0. The topological polar surface area (TPSA) is 70.2 Å². The first-order valence-electron chi connectivity index (χ1n) is 5.97. The van der Waals surface area contributed by atoms with Crippen LogP contribution in [0.3, 0.4) is 0 Å². The van der Waals surface area contributed by atoms with Gasteiger partial charge in [-0.2, -0.15) is 0 Å². The van der Waals surface area contributed by atoms with Gasteiger partial charge in [-0.25, -0.2) is 8.42 Å². The van der Waals surface area contributed by atoms with Gasteiger partial charge in [0.2, 0.25) is 0 Å². The first-order chi connectivity index (χ1) is 10.4. The van der Waals surface area contributed by atoms with Gasteiger partial charge in [0.1, 0.15) is 0 Å². The summed E-state index contributed by atoms with van der Waals surface area (Å²) in [4.78, 5) is 2.32. The molecule has 116 valence electrons. The molecule has 0 saturated carbocycles. The molecule has 0 aliphatic carbocycles. The molecule has 0 atom stereocenters. The lowest BCUT2D eigenvalue weighted by molar-refractivity contribution is 0.578. The first-order valence-corrected chi connectivity index (χ1v) is 9.03. The summed E-state index contributed by atoms with van der Waals surface area (Å²) in [6, 6.07) is 13.1. The molecule has 0 aromatic heterocycles. The van der Waals surface area contributed by atoms with Crippen molar-refractivity contribution in [2.75, 3.05) is 5.32 Å². The maximum Gasteiger partial charge on any atom is 0.257 e. The van der Waals surface area contributed by atoms with Gasteiger partial charge in [0.15, 0.2) is 5.11 Å². The van der Waals surface area contributed by atoms with E-state index >= 15 is 0 Å². The second-order valence-corrected chi connectivity index (χ2v) is 7.54. The number of benzene rings is 2. The monoisotopic (exact) mass is 419 g/mol. The fourth-order valence-electron chi connectivity index (χ4n) is 1.52. The molecule has 0 spiro atoms. The molecule has 2 rings (SSSR count). The Balaban J connectivity index is 1.98. The van der Waals surface area contributed by atoms with Crippen molar-refractivity contribution in [1.29, 1.82) is 0 Å². The smallest absolute Gasteiger partial charge is 0.257 e. The van der Waals surface area contributed by atoms with Gasteiger partial charge in [0, 0.05) is 4.47 Å². The van der Waals surface area contributed by atoms with E-state index in [-0.39, 0.29) is 10.0 Å². The Bertz CT molecular complexity index is 785. The molecule has 2 aromatic carbocycles. The summed E-state index contributed by atoms with van der Waals surface area (Å²) in [6.07, 6.45) is 0. The zero-order valence-corrected chi connectivity index (χ0v) is 15.0. The van der Waals surface area contributed by atoms with Gasteiger partial charge in [0.25, 0.3) is 10.0 Å². The van der Waals surface area contributed by atoms with Gasteiger partial charge in [0.05, 0.1) is 15.6 Å². The van der Waals surface area contributed by atoms with Crippen LogP contribution in [0, 0.1) is 0 Å². The van der Waals surface area contributed by atoms with Gasteiger partial charge in [-0.3, -0.25) is 5.43 Å². The fourth-order valence-corrected chi connectivity index (χ4v) is 3.33. The average molecular weight is 421 g/mol. The normalized spacial score (nSPS) is 11.0. The van der Waals surface area contributed by atoms with E-state index < -0.39 is 10.0 Å². The summed E-state index contributed by atoms with van der Waals surface area (Å²) in [5, 5.41) is 3.32. The summed E-state index contributed by atoms with van der Waals surface area (Å²) in [7, 11) is -3.69. The maximum atomic E-state index is 12.0. The van der Waals surface area contributed by atoms with Crippen molar-refractivity contribution in [3.05, 3.63) is 58.0 Å². The van der Waals surface area contributed by atoms with Crippen molar-refractivity contribution in [3.63, 3.8) is 0 Å². The molecule has 0 fully saturated rings. The third-order valence-electron chi connectivity index (χ3n) is 2.53. The number of nitrogens with one attached hydrogen (secondary N) is 3. The van der Waals surface area contributed by atoms with Crippen molar-refractivity contribution >= 4 is 60.6 Å². The van der Waals surface area contributed by atoms with Crippen LogP contribution in [0.4, 0.5) is 5.69 Å². The summed E-state index contributed by atoms with van der Waals surface area (Å²) < 4.78 is 24.8. The molecule has 0 heterocycles. The standard InChI is InChI=1S/C13H11BrClN3O2S2/c14-9-6-7-12(11(15)8-9)16-13(21)17-18-22(19,20)10-4-2-1-3-5-10/h1-8,18H,(H2,16,17,21). The van der Waals surface area contributed by atoms with E-state index in [1.54, 1.807) is 36.4 Å². The molecular formula is C13H11BrClN3O2S2. The second-order valence-electron chi connectivity index (χ2n) is 4.12. The number of hydrogen-bond acceptors (Lipinski definition) is 3. The van der Waals surface area contributed by atoms with E-state index in [2.05, 4.69) is 31.5 Å². The number of halogens is 2. The van der Waals surface area contributed by atoms with Gasteiger partial charge >= 0.3 is 0 Å². The van der Waals surface area contributed by atoms with Gasteiger partial charge in [-0.15, -0.1) is 4.83 Å². The number of hydrogen-bond donors (Lipinski definition) is 3. The highest BCUT2D eigenvalue weighted by Crippen LogP contribution is 2.25. The number of sulfonamides is 1. The molecule has 2 aromatic rings. The first kappa shape index (κ1) is 17.2. The van der Waals surface area contributed by atoms with Gasteiger partial charge < -0.3 is 5.32 Å². The minimum absolute atomic E-state index is 0.0729. The third kappa shape index (κ3) is 4.65. The molecule has 0 aliphatic heterocycles. The van der Waals surface area contributed by atoms with Gasteiger partial charge in [-0.1, -0.05) is 45.7 Å². The molecule has 0 radical (unpaired) electrons. The molecule has 3 N–H and O–H groups in total. The molecule has 22 heavy (non-hydrogen) atoms. The van der Waals surface area contributed by atoms with Crippen LogP contribution in [0.1, 0.15) is 0 Å². The number of hydrazine groups is 1. The summed E-state index contributed by atoms with van der Waals surface area (Å²) >= 11 is 14.4. The van der Waals surface area contributed by atoms with Crippen molar-refractivity contribution in [2.45, 2.75) is 4.90 Å². The highest BCUT2D eigenvalue weighted by molar-refractivity contribution is 9.10. The Kier molecular flexibility index (Phi) is 5.76. The van der Waals surface area contributed by atoms with E-state index in [1.165, 1.54) is 12.1 Å². The van der Waals surface area contributed by atoms with E-state index in [1.807, 2.05) is 0 Å². The average Bonchev–Trinajstić information content (AvgIpc) is 2.49. The number of rotatable bonds is 4. The summed E-state index contributed by atoms with van der Waals surface area (Å²) in [5.74, 6) is 0. The number of anilines is 1. The van der Waals surface area contributed by atoms with Crippen molar-refractivity contribution < 1.29 is 8.42 Å². The highest BCUT2D eigenvalue weighted by Gasteiger charge is 2.13. The predicted molar refractivity (Wildman–Crippen MR) is 95.3 cm³/mol. The summed E-state index contributed by atoms with van der Waals surface area (Å²) in [5.41, 5.74) is 2.98. The molecule has 0 saturated heterocycles. The highest BCUT2D eigenvalue weighted by atomic mass is 79.9. The Labute approximate surface area is 147 Å². The zero-order chi connectivity index (χ0) is 16.2. The van der Waals surface area contributed by atoms with Crippen LogP contribution in [-0.4, -0.2) is 13.5 Å². The minimum atomic E-state index is -3.69. The fraction of sp³-hybridized carbons (Fsp3) is 0. The van der Waals surface area contributed by atoms with Crippen LogP contribution in [0.25, 0.3) is 0 Å². The predicted octanol–water partition coefficient (Wildman–Crippen LogP) is 3.28. The molecule has 9 heteroatoms. The van der Waals surface area contributed by atoms with Crippen molar-refractivity contribution in [2.24, 2.45) is 0 Å². The van der Waals surface area contributed by atoms with Gasteiger partial charge in [-0.05, 0) is 42.5 Å². The minimum Gasteiger partial charge on any atom is -0.330 e. The van der Waals surface area contributed by atoms with Crippen LogP contribution in [-0.2, 0) is 10.0 Å². The largest absolute Gasteiger partial charge is 0.330 e. The van der Waals surface area contributed by atoms with Crippen molar-refractivity contribution in [1.82, 2.24) is 10.3 Å². The molecule has 0 aliphatic rings. The van der Waals surface area contributed by atoms with Crippen LogP contribution in [0.15, 0.2) is 57.9 Å². The van der Waals surface area contributed by atoms with Crippen LogP contribution in [0.2, 0.25) is 5.02 Å². The van der Waals surface area contributed by atoms with E-state index in [9.17, 15) is 8.42 Å². The Hall–Kier alpha value is -1.19. The quantitative estimate of drug-likeness (QED) is 0.523. The van der Waals surface area contributed by atoms with Crippen molar-refractivity contribution in [3.8, 4) is 0 Å². The molecule has 0 bridgehead atoms. The van der Waals surface area contributed by atoms with E-state index in [4.69, 9.17) is 23.8 Å². The van der Waals surface area contributed by atoms with E-state index in [0.29, 0.717) is 10.7 Å². The zero-order valence-electron chi connectivity index (χ0n) is 11.0. The Morgan fingerprint density at radius 1 is 1.14 bits per heavy atom. The van der Waals surface area contributed by atoms with Crippen LogP contribution >= 0.6 is 39.7 Å². The molecule has 5 nitrogen and oxygen atoms in total. The third-order valence-corrected chi connectivity index (χ3v) is 4.81. The second kappa shape index (κ2) is 7.38. The van der Waals surface area contributed by atoms with Crippen LogP contribution < -0.4 is 15.6 Å². The molecular weight excluding hydrogens is 410 g/mol. The number of thiocarbonyl (C=S) groups is 1. The molecule has 0 unspecified atom stereocenters. The lowest BCUT2D eigenvalue weighted by Gasteiger charge is -2.13. The molecule has 0 amide bonds. The summed E-state index contributed by atoms with van der Waals surface area (Å²) in [6.45, 7) is 0. The van der Waals surface area contributed by atoms with E-state index in [0.717, 1.165) is 4.47 Å². The lowest BCUT2D eigenvalue weighted by atomic mass is 10.3. The van der Waals surface area contributed by atoms with Crippen LogP contribution in [0.5, 0.6) is 0 Å². The SMILES string of the molecule is O=S(=O)(NNC(=S)Nc1ccc(Br)cc1Cl)c1ccccc1. The lowest BCUT2D eigenvalue weighted by Crippen LogP contribution is -2.43.